The van der Waals surface area contributed by atoms with Gasteiger partial charge in [-0.05, 0) is 69.3 Å². The van der Waals surface area contributed by atoms with Crippen LogP contribution < -0.4 is 24.8 Å². The molecule has 36 heavy (non-hydrogen) atoms. The van der Waals surface area contributed by atoms with Gasteiger partial charge in [0.25, 0.3) is 5.91 Å². The van der Waals surface area contributed by atoms with Crippen LogP contribution in [0.1, 0.15) is 42.5 Å². The summed E-state index contributed by atoms with van der Waals surface area (Å²) < 4.78 is 44.4. The van der Waals surface area contributed by atoms with Crippen molar-refractivity contribution in [2.45, 2.75) is 44.8 Å². The number of hydrogen-bond acceptors (Lipinski definition) is 6. The predicted octanol–water partition coefficient (Wildman–Crippen LogP) is 4.27. The minimum absolute atomic E-state index is 0.0499. The third kappa shape index (κ3) is 5.53. The topological polar surface area (TPSA) is 86.1 Å². The molecule has 0 radical (unpaired) electrons. The average Bonchev–Trinajstić information content (AvgIpc) is 3.58. The highest BCUT2D eigenvalue weighted by atomic mass is 19.3. The summed E-state index contributed by atoms with van der Waals surface area (Å²) >= 11 is 0. The molecular formula is C26H30F2N4O4. The normalized spacial score (nSPS) is 17.8. The van der Waals surface area contributed by atoms with Gasteiger partial charge in [-0.1, -0.05) is 0 Å². The van der Waals surface area contributed by atoms with Gasteiger partial charge in [-0.25, -0.2) is 4.98 Å². The van der Waals surface area contributed by atoms with Gasteiger partial charge in [-0.15, -0.1) is 0 Å². The highest BCUT2D eigenvalue weighted by Crippen LogP contribution is 2.37. The minimum Gasteiger partial charge on any atom is -0.496 e. The molecule has 192 valence electrons. The van der Waals surface area contributed by atoms with E-state index in [0.717, 1.165) is 38.1 Å². The van der Waals surface area contributed by atoms with Gasteiger partial charge in [-0.2, -0.15) is 8.78 Å². The van der Waals surface area contributed by atoms with Crippen LogP contribution in [0, 0.1) is 5.92 Å². The molecular weight excluding hydrogens is 470 g/mol. The number of rotatable bonds is 10. The summed E-state index contributed by atoms with van der Waals surface area (Å²) in [5.41, 5.74) is 1.76. The molecule has 5 rings (SSSR count). The van der Waals surface area contributed by atoms with Crippen LogP contribution in [-0.4, -0.2) is 54.8 Å². The first-order valence-electron chi connectivity index (χ1n) is 12.3. The SMILES string of the molecule is COc1cc(-c2cnc3cc(OCCC4CCCNC4)ccn23)cc(OC(F)F)c1C(=O)NC1CC1. The zero-order chi connectivity index (χ0) is 25.1. The monoisotopic (exact) mass is 500 g/mol. The number of imidazole rings is 1. The van der Waals surface area contributed by atoms with Crippen LogP contribution in [-0.2, 0) is 0 Å². The van der Waals surface area contributed by atoms with Crippen molar-refractivity contribution < 1.29 is 27.8 Å². The Labute approximate surface area is 207 Å². The number of alkyl halides is 2. The number of benzene rings is 1. The van der Waals surface area contributed by atoms with Crippen LogP contribution in [0.2, 0.25) is 0 Å². The van der Waals surface area contributed by atoms with Gasteiger partial charge in [-0.3, -0.25) is 9.20 Å². The van der Waals surface area contributed by atoms with Crippen molar-refractivity contribution in [3.63, 3.8) is 0 Å². The van der Waals surface area contributed by atoms with E-state index in [-0.39, 0.29) is 23.1 Å². The number of aromatic nitrogens is 2. The molecule has 1 aliphatic heterocycles. The van der Waals surface area contributed by atoms with Crippen molar-refractivity contribution in [1.82, 2.24) is 20.0 Å². The van der Waals surface area contributed by atoms with Crippen LogP contribution in [0.5, 0.6) is 17.2 Å². The lowest BCUT2D eigenvalue weighted by Gasteiger charge is -2.22. The van der Waals surface area contributed by atoms with E-state index in [1.165, 1.54) is 26.0 Å². The summed E-state index contributed by atoms with van der Waals surface area (Å²) in [5.74, 6) is 0.753. The second-order valence-corrected chi connectivity index (χ2v) is 9.26. The van der Waals surface area contributed by atoms with Crippen molar-refractivity contribution in [1.29, 1.82) is 0 Å². The van der Waals surface area contributed by atoms with Gasteiger partial charge >= 0.3 is 6.61 Å². The number of piperidine rings is 1. The molecule has 2 fully saturated rings. The number of carbonyl (C=O) groups is 1. The fourth-order valence-electron chi connectivity index (χ4n) is 4.58. The number of amides is 1. The molecule has 3 aromatic rings. The Morgan fingerprint density at radius 1 is 1.25 bits per heavy atom. The smallest absolute Gasteiger partial charge is 0.387 e. The van der Waals surface area contributed by atoms with E-state index in [4.69, 9.17) is 14.2 Å². The molecule has 1 unspecified atom stereocenters. The van der Waals surface area contributed by atoms with E-state index >= 15 is 0 Å². The van der Waals surface area contributed by atoms with Gasteiger partial charge in [0, 0.05) is 23.9 Å². The van der Waals surface area contributed by atoms with Crippen LogP contribution in [0.4, 0.5) is 8.78 Å². The molecule has 10 heteroatoms. The average molecular weight is 501 g/mol. The maximum Gasteiger partial charge on any atom is 0.387 e. The molecule has 1 atom stereocenters. The van der Waals surface area contributed by atoms with Crippen LogP contribution in [0.25, 0.3) is 16.9 Å². The molecule has 0 bridgehead atoms. The van der Waals surface area contributed by atoms with Crippen molar-refractivity contribution >= 4 is 11.6 Å². The number of nitrogens with zero attached hydrogens (tertiary/aromatic N) is 2. The number of fused-ring (bicyclic) bond motifs is 1. The molecule has 1 aliphatic carbocycles. The molecule has 8 nitrogen and oxygen atoms in total. The van der Waals surface area contributed by atoms with E-state index in [1.54, 1.807) is 12.3 Å². The van der Waals surface area contributed by atoms with Crippen molar-refractivity contribution in [2.75, 3.05) is 26.8 Å². The molecule has 2 N–H and O–H groups in total. The number of methoxy groups -OCH3 is 1. The van der Waals surface area contributed by atoms with Crippen molar-refractivity contribution in [2.24, 2.45) is 5.92 Å². The second-order valence-electron chi connectivity index (χ2n) is 9.26. The number of ether oxygens (including phenoxy) is 3. The third-order valence-electron chi connectivity index (χ3n) is 6.62. The highest BCUT2D eigenvalue weighted by molar-refractivity contribution is 6.01. The van der Waals surface area contributed by atoms with E-state index in [9.17, 15) is 13.6 Å². The van der Waals surface area contributed by atoms with Crippen LogP contribution >= 0.6 is 0 Å². The maximum atomic E-state index is 13.2. The number of halogens is 2. The minimum atomic E-state index is -3.09. The lowest BCUT2D eigenvalue weighted by atomic mass is 9.97. The fourth-order valence-corrected chi connectivity index (χ4v) is 4.58. The molecule has 2 aliphatic rings. The number of pyridine rings is 1. The van der Waals surface area contributed by atoms with Gasteiger partial charge in [0.05, 0.1) is 25.6 Å². The first-order valence-corrected chi connectivity index (χ1v) is 12.3. The number of hydrogen-bond donors (Lipinski definition) is 2. The molecule has 1 saturated heterocycles. The number of carbonyl (C=O) groups excluding carboxylic acids is 1. The summed E-state index contributed by atoms with van der Waals surface area (Å²) in [6.45, 7) is -0.336. The Bertz CT molecular complexity index is 1220. The Hall–Kier alpha value is -3.40. The Morgan fingerprint density at radius 2 is 2.08 bits per heavy atom. The first kappa shape index (κ1) is 24.3. The standard InChI is InChI=1S/C26H30F2N4O4/c1-34-21-11-17(12-22(36-26(27)28)24(21)25(33)31-18-4-5-18)20-15-30-23-13-19(6-9-32(20)23)35-10-7-16-3-2-8-29-14-16/h6,9,11-13,15-16,18,26,29H,2-5,7-8,10,14H2,1H3,(H,31,33). The summed E-state index contributed by atoms with van der Waals surface area (Å²) in [7, 11) is 1.39. The van der Waals surface area contributed by atoms with Crippen LogP contribution in [0.15, 0.2) is 36.7 Å². The van der Waals surface area contributed by atoms with Gasteiger partial charge in [0.15, 0.2) is 0 Å². The van der Waals surface area contributed by atoms with E-state index in [2.05, 4.69) is 15.6 Å². The lowest BCUT2D eigenvalue weighted by molar-refractivity contribution is -0.0502. The van der Waals surface area contributed by atoms with E-state index < -0.39 is 12.5 Å². The van der Waals surface area contributed by atoms with Crippen molar-refractivity contribution in [3.8, 4) is 28.5 Å². The third-order valence-corrected chi connectivity index (χ3v) is 6.62. The Morgan fingerprint density at radius 3 is 2.81 bits per heavy atom. The molecule has 1 amide bonds. The molecule has 0 spiro atoms. The maximum absolute atomic E-state index is 13.2. The first-order chi connectivity index (χ1) is 17.5. The quantitative estimate of drug-likeness (QED) is 0.433. The molecule has 3 heterocycles. The Kier molecular flexibility index (Phi) is 7.22. The highest BCUT2D eigenvalue weighted by Gasteiger charge is 2.29. The zero-order valence-electron chi connectivity index (χ0n) is 20.1. The fraction of sp³-hybridized carbons (Fsp3) is 0.462. The predicted molar refractivity (Wildman–Crippen MR) is 130 cm³/mol. The lowest BCUT2D eigenvalue weighted by Crippen LogP contribution is -2.30. The van der Waals surface area contributed by atoms with E-state index in [0.29, 0.717) is 29.4 Å². The summed E-state index contributed by atoms with van der Waals surface area (Å²) in [6, 6.07) is 6.79. The summed E-state index contributed by atoms with van der Waals surface area (Å²) in [5, 5.41) is 6.23. The Balaban J connectivity index is 1.39. The summed E-state index contributed by atoms with van der Waals surface area (Å²) in [6.07, 6.45) is 8.60. The van der Waals surface area contributed by atoms with E-state index in [1.807, 2.05) is 22.7 Å². The zero-order valence-corrected chi connectivity index (χ0v) is 20.1. The number of nitrogens with one attached hydrogen (secondary N) is 2. The summed E-state index contributed by atoms with van der Waals surface area (Å²) in [4.78, 5) is 17.2. The second kappa shape index (κ2) is 10.7. The molecule has 1 aromatic carbocycles. The van der Waals surface area contributed by atoms with Crippen LogP contribution in [0.3, 0.4) is 0 Å². The van der Waals surface area contributed by atoms with Gasteiger partial charge in [0.2, 0.25) is 0 Å². The van der Waals surface area contributed by atoms with Gasteiger partial charge < -0.3 is 24.8 Å². The van der Waals surface area contributed by atoms with Gasteiger partial charge in [0.1, 0.15) is 28.5 Å². The molecule has 2 aromatic heterocycles. The molecule has 1 saturated carbocycles. The largest absolute Gasteiger partial charge is 0.496 e. The van der Waals surface area contributed by atoms with Crippen molar-refractivity contribution in [3.05, 3.63) is 42.2 Å².